The van der Waals surface area contributed by atoms with Crippen LogP contribution in [-0.2, 0) is 26.1 Å². The van der Waals surface area contributed by atoms with Crippen molar-refractivity contribution in [2.45, 2.75) is 11.4 Å². The van der Waals surface area contributed by atoms with Gasteiger partial charge < -0.3 is 14.1 Å². The molecule has 1 aromatic carbocycles. The molecule has 2 aromatic rings. The van der Waals surface area contributed by atoms with Gasteiger partial charge in [0.1, 0.15) is 5.76 Å². The summed E-state index contributed by atoms with van der Waals surface area (Å²) in [6.07, 6.45) is 4.65. The van der Waals surface area contributed by atoms with Crippen molar-refractivity contribution in [3.63, 3.8) is 0 Å². The molecule has 1 amide bonds. The van der Waals surface area contributed by atoms with Crippen LogP contribution in [0.5, 0.6) is 0 Å². The molecule has 1 fully saturated rings. The second-order valence-electron chi connectivity index (χ2n) is 5.74. The number of sulfonamides is 1. The lowest BCUT2D eigenvalue weighted by Gasteiger charge is -2.25. The number of ether oxygens (including phenoxy) is 1. The van der Waals surface area contributed by atoms with E-state index < -0.39 is 10.0 Å². The van der Waals surface area contributed by atoms with Gasteiger partial charge in [-0.1, -0.05) is 12.1 Å². The molecule has 0 bridgehead atoms. The maximum Gasteiger partial charge on any atom is 0.246 e. The Kier molecular flexibility index (Phi) is 5.87. The third kappa shape index (κ3) is 4.81. The number of hydrogen-bond acceptors (Lipinski definition) is 5. The lowest BCUT2D eigenvalue weighted by Crippen LogP contribution is -2.39. The van der Waals surface area contributed by atoms with Crippen LogP contribution < -0.4 is 4.72 Å². The number of morpholine rings is 1. The Hall–Kier alpha value is -2.42. The van der Waals surface area contributed by atoms with E-state index in [9.17, 15) is 13.2 Å². The van der Waals surface area contributed by atoms with Crippen molar-refractivity contribution < 1.29 is 22.4 Å². The summed E-state index contributed by atoms with van der Waals surface area (Å²) in [5, 5.41) is 0. The highest BCUT2D eigenvalue weighted by atomic mass is 32.2. The van der Waals surface area contributed by atoms with Crippen molar-refractivity contribution in [1.29, 1.82) is 0 Å². The summed E-state index contributed by atoms with van der Waals surface area (Å²) in [6, 6.07) is 9.71. The highest BCUT2D eigenvalue weighted by molar-refractivity contribution is 7.89. The van der Waals surface area contributed by atoms with E-state index in [1.807, 2.05) is 0 Å². The van der Waals surface area contributed by atoms with Crippen LogP contribution in [0.15, 0.2) is 58.1 Å². The highest BCUT2D eigenvalue weighted by Crippen LogP contribution is 2.13. The molecule has 0 radical (unpaired) electrons. The van der Waals surface area contributed by atoms with Crippen molar-refractivity contribution in [3.05, 3.63) is 60.1 Å². The third-order valence-corrected chi connectivity index (χ3v) is 5.37. The number of nitrogens with zero attached hydrogens (tertiary/aromatic N) is 1. The molecule has 138 valence electrons. The van der Waals surface area contributed by atoms with E-state index in [-0.39, 0.29) is 17.3 Å². The highest BCUT2D eigenvalue weighted by Gasteiger charge is 2.15. The minimum Gasteiger partial charge on any atom is -0.468 e. The summed E-state index contributed by atoms with van der Waals surface area (Å²) in [5.74, 6) is 0.458. The smallest absolute Gasteiger partial charge is 0.246 e. The van der Waals surface area contributed by atoms with Crippen LogP contribution in [0.4, 0.5) is 0 Å². The SMILES string of the molecule is O=C(C=Cc1ccc(S(=O)(=O)NCc2ccco2)cc1)N1CCOCC1. The first-order valence-electron chi connectivity index (χ1n) is 8.21. The zero-order valence-corrected chi connectivity index (χ0v) is 14.9. The average molecular weight is 376 g/mol. The number of rotatable bonds is 6. The van der Waals surface area contributed by atoms with Gasteiger partial charge in [-0.3, -0.25) is 4.79 Å². The predicted molar refractivity (Wildman–Crippen MR) is 95.6 cm³/mol. The molecule has 1 saturated heterocycles. The first kappa shape index (κ1) is 18.4. The predicted octanol–water partition coefficient (Wildman–Crippen LogP) is 1.63. The summed E-state index contributed by atoms with van der Waals surface area (Å²) in [5.41, 5.74) is 0.747. The van der Waals surface area contributed by atoms with Gasteiger partial charge in [-0.05, 0) is 35.9 Å². The Balaban J connectivity index is 1.60. The molecule has 0 spiro atoms. The van der Waals surface area contributed by atoms with Crippen LogP contribution >= 0.6 is 0 Å². The van der Waals surface area contributed by atoms with E-state index in [1.165, 1.54) is 24.5 Å². The van der Waals surface area contributed by atoms with Gasteiger partial charge in [0.25, 0.3) is 0 Å². The van der Waals surface area contributed by atoms with Gasteiger partial charge in [0.2, 0.25) is 15.9 Å². The Labute approximate surface area is 152 Å². The minimum atomic E-state index is -3.62. The Morgan fingerprint density at radius 1 is 1.15 bits per heavy atom. The van der Waals surface area contributed by atoms with Gasteiger partial charge in [0.15, 0.2) is 0 Å². The molecule has 7 nitrogen and oxygen atoms in total. The van der Waals surface area contributed by atoms with Crippen molar-refractivity contribution >= 4 is 22.0 Å². The van der Waals surface area contributed by atoms with Gasteiger partial charge in [-0.15, -0.1) is 0 Å². The number of furan rings is 1. The monoisotopic (exact) mass is 376 g/mol. The van der Waals surface area contributed by atoms with Crippen molar-refractivity contribution in [3.8, 4) is 0 Å². The molecule has 3 rings (SSSR count). The lowest BCUT2D eigenvalue weighted by atomic mass is 10.2. The summed E-state index contributed by atoms with van der Waals surface area (Å²) in [4.78, 5) is 13.9. The first-order chi connectivity index (χ1) is 12.5. The summed E-state index contributed by atoms with van der Waals surface area (Å²) < 4.78 is 37.3. The Morgan fingerprint density at radius 3 is 2.54 bits per heavy atom. The van der Waals surface area contributed by atoms with Crippen LogP contribution in [0.1, 0.15) is 11.3 Å². The normalized spacial score (nSPS) is 15.5. The van der Waals surface area contributed by atoms with Gasteiger partial charge in [-0.2, -0.15) is 0 Å². The van der Waals surface area contributed by atoms with E-state index in [2.05, 4.69) is 4.72 Å². The van der Waals surface area contributed by atoms with Gasteiger partial charge in [0, 0.05) is 19.2 Å². The molecule has 0 aliphatic carbocycles. The number of amides is 1. The quantitative estimate of drug-likeness (QED) is 0.774. The number of carbonyl (C=O) groups is 1. The topological polar surface area (TPSA) is 88.8 Å². The second-order valence-corrected chi connectivity index (χ2v) is 7.51. The fourth-order valence-corrected chi connectivity index (χ4v) is 3.47. The zero-order chi connectivity index (χ0) is 18.4. The molecule has 26 heavy (non-hydrogen) atoms. The fourth-order valence-electron chi connectivity index (χ4n) is 2.48. The molecule has 0 unspecified atom stereocenters. The summed E-state index contributed by atoms with van der Waals surface area (Å²) in [7, 11) is -3.62. The van der Waals surface area contributed by atoms with Gasteiger partial charge in [0.05, 0.1) is 30.9 Å². The number of carbonyl (C=O) groups excluding carboxylic acids is 1. The molecule has 2 heterocycles. The molecule has 1 aliphatic heterocycles. The average Bonchev–Trinajstić information content (AvgIpc) is 3.19. The molecule has 8 heteroatoms. The second kappa shape index (κ2) is 8.31. The molecule has 1 N–H and O–H groups in total. The minimum absolute atomic E-state index is 0.0786. The molecule has 0 atom stereocenters. The van der Waals surface area contributed by atoms with Crippen molar-refractivity contribution in [2.75, 3.05) is 26.3 Å². The van der Waals surface area contributed by atoms with E-state index in [1.54, 1.807) is 35.2 Å². The van der Waals surface area contributed by atoms with Gasteiger partial charge >= 0.3 is 0 Å². The van der Waals surface area contributed by atoms with E-state index in [0.29, 0.717) is 32.1 Å². The van der Waals surface area contributed by atoms with E-state index in [4.69, 9.17) is 9.15 Å². The molecule has 0 saturated carbocycles. The molecular weight excluding hydrogens is 356 g/mol. The molecule has 1 aliphatic rings. The van der Waals surface area contributed by atoms with Crippen LogP contribution in [0.25, 0.3) is 6.08 Å². The third-order valence-electron chi connectivity index (χ3n) is 3.95. The van der Waals surface area contributed by atoms with Crippen LogP contribution in [0, 0.1) is 0 Å². The van der Waals surface area contributed by atoms with Crippen LogP contribution in [0.2, 0.25) is 0 Å². The van der Waals surface area contributed by atoms with E-state index in [0.717, 1.165) is 5.56 Å². The Bertz CT molecular complexity index is 851. The van der Waals surface area contributed by atoms with Crippen LogP contribution in [-0.4, -0.2) is 45.5 Å². The first-order valence-corrected chi connectivity index (χ1v) is 9.70. The molecule has 1 aromatic heterocycles. The summed E-state index contributed by atoms with van der Waals surface area (Å²) in [6.45, 7) is 2.36. The number of hydrogen-bond donors (Lipinski definition) is 1. The number of benzene rings is 1. The maximum atomic E-state index is 12.3. The molecular formula is C18H20N2O5S. The standard InChI is InChI=1S/C18H20N2O5S/c21-18(20-9-12-24-13-10-20)8-5-15-3-6-17(7-4-15)26(22,23)19-14-16-2-1-11-25-16/h1-8,11,19H,9-10,12-14H2. The summed E-state index contributed by atoms with van der Waals surface area (Å²) >= 11 is 0. The van der Waals surface area contributed by atoms with E-state index >= 15 is 0 Å². The largest absolute Gasteiger partial charge is 0.468 e. The van der Waals surface area contributed by atoms with Gasteiger partial charge in [-0.25, -0.2) is 13.1 Å². The number of nitrogens with one attached hydrogen (secondary N) is 1. The van der Waals surface area contributed by atoms with Crippen molar-refractivity contribution in [1.82, 2.24) is 9.62 Å². The lowest BCUT2D eigenvalue weighted by molar-refractivity contribution is -0.129. The maximum absolute atomic E-state index is 12.3. The Morgan fingerprint density at radius 2 is 1.88 bits per heavy atom. The zero-order valence-electron chi connectivity index (χ0n) is 14.1. The van der Waals surface area contributed by atoms with Crippen LogP contribution in [0.3, 0.4) is 0 Å². The van der Waals surface area contributed by atoms with Crippen molar-refractivity contribution in [2.24, 2.45) is 0 Å². The fraction of sp³-hybridized carbons (Fsp3) is 0.278.